The quantitative estimate of drug-likeness (QED) is 0.203. The summed E-state index contributed by atoms with van der Waals surface area (Å²) < 4.78 is 0. The molecular weight excluding hydrogens is 594 g/mol. The molecule has 0 aromatic heterocycles. The minimum absolute atomic E-state index is 0.0738. The number of carbonyl (C=O) groups is 6. The number of hydrogen-bond acceptors (Lipinski definition) is 7. The largest absolute Gasteiger partial charge is 0.508 e. The summed E-state index contributed by atoms with van der Waals surface area (Å²) in [5.74, 6) is -3.04. The van der Waals surface area contributed by atoms with Crippen LogP contribution in [0, 0.1) is 13.8 Å². The van der Waals surface area contributed by atoms with Crippen LogP contribution in [0.1, 0.15) is 47.9 Å². The van der Waals surface area contributed by atoms with E-state index < -0.39 is 54.3 Å². The molecule has 2 aromatic carbocycles. The average Bonchev–Trinajstić information content (AvgIpc) is 3.00. The number of nitrogens with two attached hydrogens (primary N) is 1. The Morgan fingerprint density at radius 2 is 1.63 bits per heavy atom. The van der Waals surface area contributed by atoms with Gasteiger partial charge in [0.15, 0.2) is 0 Å². The SMILES string of the molecule is Cc1cc(O)cc(C)c1CCC(=O)N[C@@H]1CCCCNC(=O)NC[C@@H](C(N)=O)NC(=O)[C@H](Cc2ccccc2)NC(=O)CNC1=O. The first-order chi connectivity index (χ1) is 21.9. The average molecular weight is 638 g/mol. The van der Waals surface area contributed by atoms with Crippen molar-refractivity contribution in [3.8, 4) is 5.75 Å². The van der Waals surface area contributed by atoms with E-state index in [9.17, 15) is 33.9 Å². The van der Waals surface area contributed by atoms with Crippen molar-refractivity contribution in [3.63, 3.8) is 0 Å². The molecule has 0 aliphatic carbocycles. The van der Waals surface area contributed by atoms with Crippen LogP contribution in [0.3, 0.4) is 0 Å². The van der Waals surface area contributed by atoms with Gasteiger partial charge in [0.1, 0.15) is 23.9 Å². The zero-order chi connectivity index (χ0) is 33.6. The highest BCUT2D eigenvalue weighted by atomic mass is 16.3. The maximum atomic E-state index is 13.2. The summed E-state index contributed by atoms with van der Waals surface area (Å²) in [4.78, 5) is 76.6. The first kappa shape index (κ1) is 35.3. The summed E-state index contributed by atoms with van der Waals surface area (Å²) in [6, 6.07) is 8.22. The molecule has 1 aliphatic heterocycles. The number of benzene rings is 2. The van der Waals surface area contributed by atoms with E-state index >= 15 is 0 Å². The van der Waals surface area contributed by atoms with E-state index in [1.807, 2.05) is 13.8 Å². The molecule has 248 valence electrons. The Morgan fingerprint density at radius 3 is 2.30 bits per heavy atom. The topological polar surface area (TPSA) is 221 Å². The van der Waals surface area contributed by atoms with Crippen LogP contribution in [0.4, 0.5) is 4.79 Å². The molecule has 1 saturated heterocycles. The van der Waals surface area contributed by atoms with Crippen molar-refractivity contribution in [1.82, 2.24) is 31.9 Å². The molecule has 3 atom stereocenters. The van der Waals surface area contributed by atoms with E-state index in [0.29, 0.717) is 19.3 Å². The summed E-state index contributed by atoms with van der Waals surface area (Å²) in [6.07, 6.45) is 1.74. The van der Waals surface area contributed by atoms with Gasteiger partial charge in [0, 0.05) is 25.9 Å². The molecule has 0 saturated carbocycles. The van der Waals surface area contributed by atoms with E-state index in [-0.39, 0.29) is 44.0 Å². The molecule has 14 nitrogen and oxygen atoms in total. The lowest BCUT2D eigenvalue weighted by Crippen LogP contribution is -2.58. The van der Waals surface area contributed by atoms with Crippen molar-refractivity contribution in [2.75, 3.05) is 19.6 Å². The Hall–Kier alpha value is -5.14. The van der Waals surface area contributed by atoms with E-state index in [1.165, 1.54) is 0 Å². The van der Waals surface area contributed by atoms with Crippen molar-refractivity contribution >= 4 is 35.6 Å². The molecule has 2 aromatic rings. The van der Waals surface area contributed by atoms with Gasteiger partial charge in [0.2, 0.25) is 29.5 Å². The summed E-state index contributed by atoms with van der Waals surface area (Å²) >= 11 is 0. The molecule has 1 heterocycles. The molecule has 1 aliphatic rings. The van der Waals surface area contributed by atoms with Crippen molar-refractivity contribution in [2.45, 2.75) is 70.5 Å². The van der Waals surface area contributed by atoms with Gasteiger partial charge in [-0.05, 0) is 73.9 Å². The number of aryl methyl sites for hydroxylation is 2. The minimum atomic E-state index is -1.24. The fourth-order valence-corrected chi connectivity index (χ4v) is 5.16. The monoisotopic (exact) mass is 637 g/mol. The summed E-state index contributed by atoms with van der Waals surface area (Å²) in [5, 5.41) is 25.3. The second kappa shape index (κ2) is 17.4. The maximum absolute atomic E-state index is 13.2. The first-order valence-corrected chi connectivity index (χ1v) is 15.2. The molecule has 0 spiro atoms. The summed E-state index contributed by atoms with van der Waals surface area (Å²) in [7, 11) is 0. The van der Waals surface area contributed by atoms with Crippen molar-refractivity contribution in [3.05, 3.63) is 64.7 Å². The standard InChI is InChI=1S/C32H43N7O7/c1-19-14-22(40)15-20(2)23(19)11-12-27(41)37-24-10-6-7-13-34-32(46)36-17-26(29(33)43)39-31(45)25(16-21-8-4-3-5-9-21)38-28(42)18-35-30(24)44/h3-5,8-9,14-15,24-26,40H,6-7,10-13,16-18H2,1-2H3,(H2,33,43)(H,35,44)(H,37,41)(H,38,42)(H,39,45)(H2,34,36,46)/t24-,25+,26+/m1/s1. The summed E-state index contributed by atoms with van der Waals surface area (Å²) in [5.41, 5.74) is 8.81. The van der Waals surface area contributed by atoms with Gasteiger partial charge in [0.25, 0.3) is 0 Å². The van der Waals surface area contributed by atoms with Crippen LogP contribution in [-0.2, 0) is 36.8 Å². The number of rotatable bonds is 7. The van der Waals surface area contributed by atoms with E-state index in [1.54, 1.807) is 42.5 Å². The van der Waals surface area contributed by atoms with Crippen LogP contribution in [0.15, 0.2) is 42.5 Å². The van der Waals surface area contributed by atoms with E-state index in [4.69, 9.17) is 5.73 Å². The Morgan fingerprint density at radius 1 is 0.935 bits per heavy atom. The van der Waals surface area contributed by atoms with Gasteiger partial charge in [-0.2, -0.15) is 0 Å². The fourth-order valence-electron chi connectivity index (χ4n) is 5.16. The molecule has 0 bridgehead atoms. The second-order valence-electron chi connectivity index (χ2n) is 11.3. The lowest BCUT2D eigenvalue weighted by atomic mass is 9.98. The number of urea groups is 1. The van der Waals surface area contributed by atoms with Crippen LogP contribution in [0.2, 0.25) is 0 Å². The minimum Gasteiger partial charge on any atom is -0.508 e. The van der Waals surface area contributed by atoms with Crippen LogP contribution in [0.5, 0.6) is 5.75 Å². The molecule has 0 radical (unpaired) electrons. The van der Waals surface area contributed by atoms with Crippen molar-refractivity contribution in [2.24, 2.45) is 5.73 Å². The van der Waals surface area contributed by atoms with Gasteiger partial charge in [-0.15, -0.1) is 0 Å². The van der Waals surface area contributed by atoms with E-state index in [2.05, 4.69) is 31.9 Å². The Labute approximate surface area is 267 Å². The fraction of sp³-hybridized carbons (Fsp3) is 0.438. The third kappa shape index (κ3) is 11.4. The number of amides is 7. The predicted molar refractivity (Wildman–Crippen MR) is 169 cm³/mol. The Kier molecular flexibility index (Phi) is 13.3. The van der Waals surface area contributed by atoms with Crippen molar-refractivity contribution < 1.29 is 33.9 Å². The number of nitrogens with one attached hydrogen (secondary N) is 6. The van der Waals surface area contributed by atoms with Gasteiger partial charge in [-0.3, -0.25) is 24.0 Å². The van der Waals surface area contributed by atoms with Crippen LogP contribution < -0.4 is 37.6 Å². The number of phenols is 1. The highest BCUT2D eigenvalue weighted by Gasteiger charge is 2.27. The lowest BCUT2D eigenvalue weighted by Gasteiger charge is -2.23. The molecule has 9 N–H and O–H groups in total. The van der Waals surface area contributed by atoms with Gasteiger partial charge in [0.05, 0.1) is 6.54 Å². The molecule has 0 unspecified atom stereocenters. The zero-order valence-electron chi connectivity index (χ0n) is 26.1. The molecule has 7 amide bonds. The van der Waals surface area contributed by atoms with Gasteiger partial charge < -0.3 is 42.7 Å². The van der Waals surface area contributed by atoms with Gasteiger partial charge in [-0.25, -0.2) is 4.79 Å². The van der Waals surface area contributed by atoms with Crippen LogP contribution in [-0.4, -0.2) is 78.4 Å². The normalized spacial score (nSPS) is 20.4. The number of carbonyl (C=O) groups excluding carboxylic acids is 6. The van der Waals surface area contributed by atoms with Gasteiger partial charge >= 0.3 is 6.03 Å². The number of aromatic hydroxyl groups is 1. The van der Waals surface area contributed by atoms with Gasteiger partial charge in [-0.1, -0.05) is 30.3 Å². The van der Waals surface area contributed by atoms with Crippen molar-refractivity contribution in [1.29, 1.82) is 0 Å². The zero-order valence-corrected chi connectivity index (χ0v) is 26.1. The third-order valence-corrected chi connectivity index (χ3v) is 7.62. The maximum Gasteiger partial charge on any atom is 0.314 e. The van der Waals surface area contributed by atoms with E-state index in [0.717, 1.165) is 22.3 Å². The molecule has 1 fully saturated rings. The molecule has 3 rings (SSSR count). The predicted octanol–water partition coefficient (Wildman–Crippen LogP) is -0.277. The Bertz CT molecular complexity index is 1390. The summed E-state index contributed by atoms with van der Waals surface area (Å²) in [6.45, 7) is 3.20. The number of phenolic OH excluding ortho intramolecular Hbond substituents is 1. The number of primary amides is 1. The highest BCUT2D eigenvalue weighted by molar-refractivity contribution is 5.94. The lowest BCUT2D eigenvalue weighted by molar-refractivity contribution is -0.132. The highest BCUT2D eigenvalue weighted by Crippen LogP contribution is 2.22. The third-order valence-electron chi connectivity index (χ3n) is 7.62. The number of hydrogen-bond donors (Lipinski definition) is 8. The molecule has 46 heavy (non-hydrogen) atoms. The van der Waals surface area contributed by atoms with Crippen LogP contribution in [0.25, 0.3) is 0 Å². The Balaban J connectivity index is 1.72. The smallest absolute Gasteiger partial charge is 0.314 e. The van der Waals surface area contributed by atoms with Crippen LogP contribution >= 0.6 is 0 Å². The first-order valence-electron chi connectivity index (χ1n) is 15.2. The molecular formula is C32H43N7O7. The second-order valence-corrected chi connectivity index (χ2v) is 11.3. The molecule has 14 heteroatoms.